The number of hydrogen-bond donors (Lipinski definition) is 1. The van der Waals surface area contributed by atoms with Gasteiger partial charge in [-0.2, -0.15) is 5.26 Å². The van der Waals surface area contributed by atoms with Crippen LogP contribution in [0.4, 0.5) is 0 Å². The second-order valence-corrected chi connectivity index (χ2v) is 7.55. The Hall–Kier alpha value is -1.12. The summed E-state index contributed by atoms with van der Waals surface area (Å²) in [6, 6.07) is 2.02. The number of nitrogens with one attached hydrogen (secondary N) is 1. The second kappa shape index (κ2) is 6.17. The number of nitriles is 1. The largest absolute Gasteiger partial charge is 0.381 e. The van der Waals surface area contributed by atoms with Crippen molar-refractivity contribution in [3.8, 4) is 6.07 Å². The van der Waals surface area contributed by atoms with Crippen molar-refractivity contribution >= 4 is 5.91 Å². The van der Waals surface area contributed by atoms with Crippen LogP contribution in [0.3, 0.4) is 0 Å². The van der Waals surface area contributed by atoms with Gasteiger partial charge in [0.15, 0.2) is 0 Å². The molecule has 3 rings (SSSR count). The number of methoxy groups -OCH3 is 1. The molecule has 1 saturated heterocycles. The summed E-state index contributed by atoms with van der Waals surface area (Å²) in [7, 11) is 1.81. The molecule has 5 nitrogen and oxygen atoms in total. The fraction of sp³-hybridized carbons (Fsp3) is 0.882. The van der Waals surface area contributed by atoms with Gasteiger partial charge in [-0.1, -0.05) is 0 Å². The van der Waals surface area contributed by atoms with Gasteiger partial charge in [0.1, 0.15) is 6.04 Å². The van der Waals surface area contributed by atoms with E-state index in [4.69, 9.17) is 10.00 Å². The molecular weight excluding hydrogens is 278 g/mol. The van der Waals surface area contributed by atoms with E-state index in [1.807, 2.05) is 7.11 Å². The standard InChI is InChI=1S/C17H27N3O2/c1-17(8-12-6-15(22-2)7-13(12)9-17)19-11-16(21)20-5-3-4-14(20)10-18/h12-15,19H,3-9,11H2,1-2H3/t12-,13+,14-,15+,17-/m0/s1. The van der Waals surface area contributed by atoms with Gasteiger partial charge in [0.25, 0.3) is 0 Å². The summed E-state index contributed by atoms with van der Waals surface area (Å²) < 4.78 is 5.49. The highest BCUT2D eigenvalue weighted by molar-refractivity contribution is 5.79. The zero-order chi connectivity index (χ0) is 15.7. The summed E-state index contributed by atoms with van der Waals surface area (Å²) in [6.45, 7) is 3.34. The molecule has 0 unspecified atom stereocenters. The van der Waals surface area contributed by atoms with Gasteiger partial charge in [-0.05, 0) is 57.3 Å². The maximum Gasteiger partial charge on any atom is 0.237 e. The molecule has 3 aliphatic rings. The maximum atomic E-state index is 12.4. The van der Waals surface area contributed by atoms with E-state index in [0.717, 1.165) is 56.9 Å². The molecule has 2 aliphatic carbocycles. The van der Waals surface area contributed by atoms with E-state index in [1.54, 1.807) is 4.90 Å². The Morgan fingerprint density at radius 2 is 2.09 bits per heavy atom. The Kier molecular flexibility index (Phi) is 4.42. The van der Waals surface area contributed by atoms with Crippen molar-refractivity contribution < 1.29 is 9.53 Å². The van der Waals surface area contributed by atoms with Crippen molar-refractivity contribution in [1.82, 2.24) is 10.2 Å². The Balaban J connectivity index is 1.50. The molecule has 0 aromatic carbocycles. The molecule has 22 heavy (non-hydrogen) atoms. The normalized spacial score (nSPS) is 40.7. The lowest BCUT2D eigenvalue weighted by atomic mass is 9.95. The number of carbonyl (C=O) groups is 1. The molecule has 5 atom stereocenters. The Labute approximate surface area is 133 Å². The number of rotatable bonds is 4. The van der Waals surface area contributed by atoms with Crippen molar-refractivity contribution in [3.05, 3.63) is 0 Å². The molecule has 0 bridgehead atoms. The van der Waals surface area contributed by atoms with E-state index in [-0.39, 0.29) is 17.5 Å². The summed E-state index contributed by atoms with van der Waals surface area (Å²) in [5, 5.41) is 12.6. The first kappa shape index (κ1) is 15.8. The zero-order valence-electron chi connectivity index (χ0n) is 13.7. The van der Waals surface area contributed by atoms with E-state index in [0.29, 0.717) is 12.6 Å². The number of amides is 1. The number of hydrogen-bond acceptors (Lipinski definition) is 4. The lowest BCUT2D eigenvalue weighted by Crippen LogP contribution is -2.48. The number of carbonyl (C=O) groups excluding carboxylic acids is 1. The molecule has 2 saturated carbocycles. The van der Waals surface area contributed by atoms with Crippen molar-refractivity contribution in [2.24, 2.45) is 11.8 Å². The van der Waals surface area contributed by atoms with Crippen molar-refractivity contribution in [2.45, 2.75) is 63.1 Å². The Morgan fingerprint density at radius 3 is 2.68 bits per heavy atom. The molecule has 1 heterocycles. The van der Waals surface area contributed by atoms with Gasteiger partial charge in [-0.25, -0.2) is 0 Å². The van der Waals surface area contributed by atoms with Crippen LogP contribution < -0.4 is 5.32 Å². The Bertz CT molecular complexity index is 459. The van der Waals surface area contributed by atoms with Gasteiger partial charge in [0.2, 0.25) is 5.91 Å². The minimum absolute atomic E-state index is 0.0611. The molecule has 0 spiro atoms. The van der Waals surface area contributed by atoms with Crippen LogP contribution in [0.1, 0.15) is 45.4 Å². The van der Waals surface area contributed by atoms with Crippen LogP contribution in [-0.2, 0) is 9.53 Å². The molecule has 0 aromatic heterocycles. The van der Waals surface area contributed by atoms with E-state index >= 15 is 0 Å². The Morgan fingerprint density at radius 1 is 1.41 bits per heavy atom. The SMILES string of the molecule is CO[C@H]1C[C@@H]2C[C@@](C)(NCC(=O)N3CCC[C@H]3C#N)C[C@@H]2C1. The average Bonchev–Trinajstić information content (AvgIpc) is 3.17. The fourth-order valence-corrected chi connectivity index (χ4v) is 4.82. The number of fused-ring (bicyclic) bond motifs is 1. The predicted molar refractivity (Wildman–Crippen MR) is 83.0 cm³/mol. The van der Waals surface area contributed by atoms with Crippen molar-refractivity contribution in [3.63, 3.8) is 0 Å². The van der Waals surface area contributed by atoms with Crippen LogP contribution in [0.5, 0.6) is 0 Å². The van der Waals surface area contributed by atoms with E-state index in [2.05, 4.69) is 18.3 Å². The van der Waals surface area contributed by atoms with E-state index in [9.17, 15) is 4.79 Å². The zero-order valence-corrected chi connectivity index (χ0v) is 13.7. The van der Waals surface area contributed by atoms with Crippen LogP contribution in [0.15, 0.2) is 0 Å². The first-order valence-electron chi connectivity index (χ1n) is 8.51. The van der Waals surface area contributed by atoms with Gasteiger partial charge < -0.3 is 15.0 Å². The molecule has 3 fully saturated rings. The minimum atomic E-state index is -0.215. The van der Waals surface area contributed by atoms with Gasteiger partial charge in [-0.15, -0.1) is 0 Å². The number of nitrogens with zero attached hydrogens (tertiary/aromatic N) is 2. The highest BCUT2D eigenvalue weighted by Crippen LogP contribution is 2.49. The molecule has 1 amide bonds. The lowest BCUT2D eigenvalue weighted by Gasteiger charge is -2.29. The van der Waals surface area contributed by atoms with Crippen LogP contribution in [0, 0.1) is 23.2 Å². The molecule has 0 aromatic rings. The molecular formula is C17H27N3O2. The number of ether oxygens (including phenoxy) is 1. The molecule has 122 valence electrons. The summed E-state index contributed by atoms with van der Waals surface area (Å²) in [6.07, 6.45) is 6.79. The third-order valence-electron chi connectivity index (χ3n) is 5.95. The predicted octanol–water partition coefficient (Wildman–Crippen LogP) is 1.68. The van der Waals surface area contributed by atoms with Crippen LogP contribution in [0.2, 0.25) is 0 Å². The summed E-state index contributed by atoms with van der Waals surface area (Å²) in [4.78, 5) is 14.1. The highest BCUT2D eigenvalue weighted by atomic mass is 16.5. The van der Waals surface area contributed by atoms with Crippen LogP contribution >= 0.6 is 0 Å². The fourth-order valence-electron chi connectivity index (χ4n) is 4.82. The first-order valence-corrected chi connectivity index (χ1v) is 8.51. The quantitative estimate of drug-likeness (QED) is 0.858. The summed E-state index contributed by atoms with van der Waals surface area (Å²) in [5.41, 5.74) is 0.0611. The van der Waals surface area contributed by atoms with Crippen LogP contribution in [0.25, 0.3) is 0 Å². The van der Waals surface area contributed by atoms with E-state index in [1.165, 1.54) is 0 Å². The first-order chi connectivity index (χ1) is 10.5. The van der Waals surface area contributed by atoms with Gasteiger partial charge in [0.05, 0.1) is 18.7 Å². The molecule has 1 N–H and O–H groups in total. The summed E-state index contributed by atoms with van der Waals surface area (Å²) in [5.74, 6) is 1.55. The average molecular weight is 305 g/mol. The molecule has 1 aliphatic heterocycles. The van der Waals surface area contributed by atoms with Gasteiger partial charge in [-0.3, -0.25) is 4.79 Å². The van der Waals surface area contributed by atoms with Gasteiger partial charge in [0, 0.05) is 19.2 Å². The smallest absolute Gasteiger partial charge is 0.237 e. The highest BCUT2D eigenvalue weighted by Gasteiger charge is 2.47. The number of likely N-dealkylation sites (tertiary alicyclic amines) is 1. The summed E-state index contributed by atoms with van der Waals surface area (Å²) >= 11 is 0. The second-order valence-electron chi connectivity index (χ2n) is 7.55. The maximum absolute atomic E-state index is 12.4. The monoisotopic (exact) mass is 305 g/mol. The molecule has 0 radical (unpaired) electrons. The van der Waals surface area contributed by atoms with E-state index < -0.39 is 0 Å². The van der Waals surface area contributed by atoms with Crippen molar-refractivity contribution in [2.75, 3.05) is 20.2 Å². The van der Waals surface area contributed by atoms with Gasteiger partial charge >= 0.3 is 0 Å². The van der Waals surface area contributed by atoms with Crippen molar-refractivity contribution in [1.29, 1.82) is 5.26 Å². The lowest BCUT2D eigenvalue weighted by molar-refractivity contribution is -0.130. The third-order valence-corrected chi connectivity index (χ3v) is 5.95. The minimum Gasteiger partial charge on any atom is -0.381 e. The topological polar surface area (TPSA) is 65.4 Å². The van der Waals surface area contributed by atoms with Crippen LogP contribution in [-0.4, -0.2) is 48.7 Å². The molecule has 5 heteroatoms. The third kappa shape index (κ3) is 3.00.